The molecule has 1 aromatic rings. The molecule has 3 amide bonds. The van der Waals surface area contributed by atoms with Gasteiger partial charge in [0.1, 0.15) is 5.75 Å². The fourth-order valence-corrected chi connectivity index (χ4v) is 2.10. The highest BCUT2D eigenvalue weighted by Crippen LogP contribution is 2.31. The lowest BCUT2D eigenvalue weighted by Gasteiger charge is -2.26. The number of carboxylic acid groups (broad SMARTS) is 1. The van der Waals surface area contributed by atoms with Gasteiger partial charge in [0, 0.05) is 18.4 Å². The zero-order chi connectivity index (χ0) is 15.2. The number of imide groups is 1. The zero-order valence-corrected chi connectivity index (χ0v) is 11.3. The Morgan fingerprint density at radius 1 is 1.24 bits per heavy atom. The van der Waals surface area contributed by atoms with Gasteiger partial charge in [-0.2, -0.15) is 0 Å². The fraction of sp³-hybridized carbons (Fsp3) is 0.357. The van der Waals surface area contributed by atoms with Crippen LogP contribution in [-0.4, -0.2) is 29.6 Å². The molecular weight excluding hydrogens is 276 g/mol. The number of carboxylic acids is 1. The van der Waals surface area contributed by atoms with Gasteiger partial charge in [0.25, 0.3) is 0 Å². The molecule has 0 saturated heterocycles. The van der Waals surface area contributed by atoms with Crippen molar-refractivity contribution in [3.05, 3.63) is 29.8 Å². The van der Waals surface area contributed by atoms with Crippen LogP contribution in [0.2, 0.25) is 0 Å². The van der Waals surface area contributed by atoms with Gasteiger partial charge in [0.15, 0.2) is 0 Å². The second-order valence-corrected chi connectivity index (χ2v) is 4.64. The van der Waals surface area contributed by atoms with Gasteiger partial charge in [-0.25, -0.2) is 4.79 Å². The van der Waals surface area contributed by atoms with Crippen molar-refractivity contribution in [3.8, 4) is 5.75 Å². The molecular formula is C14H16N2O5. The van der Waals surface area contributed by atoms with E-state index in [-0.39, 0.29) is 18.9 Å². The summed E-state index contributed by atoms with van der Waals surface area (Å²) in [5.74, 6) is -0.981. The van der Waals surface area contributed by atoms with Crippen LogP contribution in [0.25, 0.3) is 0 Å². The number of fused-ring (bicyclic) bond motifs is 1. The second-order valence-electron chi connectivity index (χ2n) is 4.64. The molecule has 0 aromatic heterocycles. The van der Waals surface area contributed by atoms with Crippen molar-refractivity contribution in [2.45, 2.75) is 25.3 Å². The molecule has 21 heavy (non-hydrogen) atoms. The van der Waals surface area contributed by atoms with Crippen LogP contribution in [0.3, 0.4) is 0 Å². The largest absolute Gasteiger partial charge is 0.493 e. The van der Waals surface area contributed by atoms with Gasteiger partial charge >= 0.3 is 12.0 Å². The van der Waals surface area contributed by atoms with Gasteiger partial charge in [-0.05, 0) is 6.07 Å². The lowest BCUT2D eigenvalue weighted by atomic mass is 10.0. The quantitative estimate of drug-likeness (QED) is 0.773. The third-order valence-electron chi connectivity index (χ3n) is 3.08. The Bertz CT molecular complexity index is 558. The van der Waals surface area contributed by atoms with Crippen molar-refractivity contribution in [2.75, 3.05) is 6.61 Å². The maximum atomic E-state index is 11.7. The minimum atomic E-state index is -1.08. The Morgan fingerprint density at radius 3 is 2.76 bits per heavy atom. The number of carbonyl (C=O) groups is 3. The van der Waals surface area contributed by atoms with Crippen LogP contribution in [-0.2, 0) is 9.59 Å². The molecule has 1 heterocycles. The van der Waals surface area contributed by atoms with Crippen LogP contribution >= 0.6 is 0 Å². The predicted molar refractivity (Wildman–Crippen MR) is 72.8 cm³/mol. The van der Waals surface area contributed by atoms with Gasteiger partial charge < -0.3 is 15.2 Å². The summed E-state index contributed by atoms with van der Waals surface area (Å²) in [5, 5.41) is 13.3. The summed E-state index contributed by atoms with van der Waals surface area (Å²) in [7, 11) is 0. The third kappa shape index (κ3) is 4.20. The van der Waals surface area contributed by atoms with Crippen LogP contribution in [0.5, 0.6) is 5.75 Å². The number of carbonyl (C=O) groups excluding carboxylic acids is 2. The summed E-state index contributed by atoms with van der Waals surface area (Å²) in [6.07, 6.45) is 0.0695. The maximum absolute atomic E-state index is 11.7. The average Bonchev–Trinajstić information content (AvgIpc) is 2.45. The van der Waals surface area contributed by atoms with Crippen LogP contribution < -0.4 is 15.4 Å². The molecule has 3 N–H and O–H groups in total. The summed E-state index contributed by atoms with van der Waals surface area (Å²) in [5.41, 5.74) is 0.858. The third-order valence-corrected chi connectivity index (χ3v) is 3.08. The summed E-state index contributed by atoms with van der Waals surface area (Å²) in [4.78, 5) is 33.5. The number of hydrogen-bond acceptors (Lipinski definition) is 4. The van der Waals surface area contributed by atoms with Crippen molar-refractivity contribution in [3.63, 3.8) is 0 Å². The lowest BCUT2D eigenvalue weighted by Crippen LogP contribution is -2.42. The van der Waals surface area contributed by atoms with Crippen molar-refractivity contribution in [1.82, 2.24) is 10.6 Å². The molecule has 7 nitrogen and oxygen atoms in total. The van der Waals surface area contributed by atoms with E-state index in [1.807, 2.05) is 24.3 Å². The molecule has 1 atom stereocenters. The van der Waals surface area contributed by atoms with E-state index in [1.54, 1.807) is 0 Å². The highest BCUT2D eigenvalue weighted by atomic mass is 16.5. The lowest BCUT2D eigenvalue weighted by molar-refractivity contribution is -0.138. The number of aliphatic carboxylic acids is 1. The van der Waals surface area contributed by atoms with E-state index >= 15 is 0 Å². The minimum Gasteiger partial charge on any atom is -0.493 e. The second kappa shape index (κ2) is 6.74. The fourth-order valence-electron chi connectivity index (χ4n) is 2.10. The molecule has 112 valence electrons. The Hall–Kier alpha value is -2.57. The van der Waals surface area contributed by atoms with Crippen LogP contribution in [0.4, 0.5) is 4.79 Å². The highest BCUT2D eigenvalue weighted by Gasteiger charge is 2.23. The molecule has 2 rings (SSSR count). The smallest absolute Gasteiger partial charge is 0.321 e. The predicted octanol–water partition coefficient (Wildman–Crippen LogP) is 1.20. The molecule has 0 bridgehead atoms. The number of hydrogen-bond donors (Lipinski definition) is 3. The molecule has 0 saturated carbocycles. The molecule has 0 spiro atoms. The summed E-state index contributed by atoms with van der Waals surface area (Å²) in [6, 6.07) is 6.49. The standard InChI is InChI=1S/C14H16N2O5/c17-12(5-6-13(18)19)16-14(20)15-10-7-8-21-11-4-2-1-3-9(10)11/h1-4,10H,5-8H2,(H,18,19)(H2,15,16,17,20). The van der Waals surface area contributed by atoms with E-state index in [2.05, 4.69) is 10.6 Å². The number of urea groups is 1. The number of nitrogens with one attached hydrogen (secondary N) is 2. The number of amides is 3. The highest BCUT2D eigenvalue weighted by molar-refractivity contribution is 5.95. The molecule has 0 fully saturated rings. The van der Waals surface area contributed by atoms with Crippen molar-refractivity contribution >= 4 is 17.9 Å². The maximum Gasteiger partial charge on any atom is 0.321 e. The first-order valence-corrected chi connectivity index (χ1v) is 6.60. The number of rotatable bonds is 4. The van der Waals surface area contributed by atoms with Gasteiger partial charge in [0.05, 0.1) is 19.1 Å². The van der Waals surface area contributed by atoms with Gasteiger partial charge in [0.2, 0.25) is 5.91 Å². The van der Waals surface area contributed by atoms with Crippen molar-refractivity contribution in [1.29, 1.82) is 0 Å². The van der Waals surface area contributed by atoms with E-state index < -0.39 is 17.9 Å². The van der Waals surface area contributed by atoms with Gasteiger partial charge in [-0.3, -0.25) is 14.9 Å². The summed E-state index contributed by atoms with van der Waals surface area (Å²) >= 11 is 0. The first-order valence-electron chi connectivity index (χ1n) is 6.60. The van der Waals surface area contributed by atoms with E-state index in [0.717, 1.165) is 5.56 Å². The average molecular weight is 292 g/mol. The summed E-state index contributed by atoms with van der Waals surface area (Å²) < 4.78 is 5.48. The monoisotopic (exact) mass is 292 g/mol. The first kappa shape index (κ1) is 14.8. The molecule has 1 aliphatic heterocycles. The van der Waals surface area contributed by atoms with Crippen LogP contribution in [0.1, 0.15) is 30.9 Å². The number of benzene rings is 1. The topological polar surface area (TPSA) is 105 Å². The number of ether oxygens (including phenoxy) is 1. The first-order chi connectivity index (χ1) is 10.1. The van der Waals surface area contributed by atoms with Gasteiger partial charge in [-0.15, -0.1) is 0 Å². The van der Waals surface area contributed by atoms with E-state index in [4.69, 9.17) is 9.84 Å². The van der Waals surface area contributed by atoms with E-state index in [0.29, 0.717) is 18.8 Å². The Kier molecular flexibility index (Phi) is 4.76. The zero-order valence-electron chi connectivity index (χ0n) is 11.3. The van der Waals surface area contributed by atoms with Crippen molar-refractivity contribution < 1.29 is 24.2 Å². The Morgan fingerprint density at radius 2 is 2.00 bits per heavy atom. The molecule has 1 unspecified atom stereocenters. The molecule has 1 aromatic carbocycles. The van der Waals surface area contributed by atoms with Crippen LogP contribution in [0.15, 0.2) is 24.3 Å². The van der Waals surface area contributed by atoms with Crippen molar-refractivity contribution in [2.24, 2.45) is 0 Å². The van der Waals surface area contributed by atoms with E-state index in [9.17, 15) is 14.4 Å². The Labute approximate surface area is 121 Å². The summed E-state index contributed by atoms with van der Waals surface area (Å²) in [6.45, 7) is 0.481. The van der Waals surface area contributed by atoms with E-state index in [1.165, 1.54) is 0 Å². The van der Waals surface area contributed by atoms with Gasteiger partial charge in [-0.1, -0.05) is 18.2 Å². The Balaban J connectivity index is 1.89. The molecule has 0 radical (unpaired) electrons. The molecule has 1 aliphatic rings. The normalized spacial score (nSPS) is 16.3. The molecule has 0 aliphatic carbocycles. The minimum absolute atomic E-state index is 0.229. The number of para-hydroxylation sites is 1. The van der Waals surface area contributed by atoms with Crippen LogP contribution in [0, 0.1) is 0 Å². The molecule has 7 heteroatoms. The SMILES string of the molecule is O=C(O)CCC(=O)NC(=O)NC1CCOc2ccccc21.